The summed E-state index contributed by atoms with van der Waals surface area (Å²) in [6.45, 7) is 3.88. The molecule has 0 aromatic carbocycles. The second kappa shape index (κ2) is 7.36. The number of aliphatic hydroxyl groups excluding tert-OH is 1. The van der Waals surface area contributed by atoms with Crippen molar-refractivity contribution in [2.45, 2.75) is 51.3 Å². The number of amides is 2. The molecular formula is C17H23N3O3S. The molecule has 24 heavy (non-hydrogen) atoms. The van der Waals surface area contributed by atoms with Crippen molar-refractivity contribution in [1.29, 1.82) is 0 Å². The molecule has 2 aromatic heterocycles. The Hall–Kier alpha value is -1.86. The molecule has 130 valence electrons. The lowest BCUT2D eigenvalue weighted by molar-refractivity contribution is 0.129. The van der Waals surface area contributed by atoms with Gasteiger partial charge in [0.1, 0.15) is 16.9 Å². The maximum Gasteiger partial charge on any atom is 0.315 e. The van der Waals surface area contributed by atoms with Gasteiger partial charge >= 0.3 is 6.03 Å². The Morgan fingerprint density at radius 1 is 1.50 bits per heavy atom. The molecule has 3 N–H and O–H groups in total. The van der Waals surface area contributed by atoms with Crippen LogP contribution in [-0.2, 0) is 0 Å². The standard InChI is InChI=1S/C17H23N3O3S/c1-10(8-13(21)14-4-3-7-23-14)19-17(22)20-15(12-5-6-12)16-18-9-11(2)24-16/h3-4,7,9-10,12-13,15,21H,5-6,8H2,1-2H3,(H2,19,20,22)/t10-,13-,15+/m0/s1. The third-order valence-electron chi connectivity index (χ3n) is 4.11. The van der Waals surface area contributed by atoms with E-state index in [1.807, 2.05) is 20.0 Å². The van der Waals surface area contributed by atoms with E-state index < -0.39 is 6.10 Å². The first kappa shape index (κ1) is 17.0. The average molecular weight is 349 g/mol. The van der Waals surface area contributed by atoms with Gasteiger partial charge in [0.15, 0.2) is 0 Å². The molecule has 3 rings (SSSR count). The first-order valence-corrected chi connectivity index (χ1v) is 9.05. The number of thiazole rings is 1. The highest BCUT2D eigenvalue weighted by molar-refractivity contribution is 7.11. The largest absolute Gasteiger partial charge is 0.467 e. The number of carbonyl (C=O) groups excluding carboxylic acids is 1. The third kappa shape index (κ3) is 4.36. The normalized spacial score (nSPS) is 18.0. The highest BCUT2D eigenvalue weighted by atomic mass is 32.1. The van der Waals surface area contributed by atoms with Gasteiger partial charge in [0, 0.05) is 23.5 Å². The van der Waals surface area contributed by atoms with Crippen LogP contribution in [0, 0.1) is 12.8 Å². The Morgan fingerprint density at radius 2 is 2.29 bits per heavy atom. The van der Waals surface area contributed by atoms with E-state index in [1.165, 1.54) is 6.26 Å². The van der Waals surface area contributed by atoms with Crippen LogP contribution in [0.3, 0.4) is 0 Å². The van der Waals surface area contributed by atoms with Crippen LogP contribution in [0.25, 0.3) is 0 Å². The summed E-state index contributed by atoms with van der Waals surface area (Å²) in [6, 6.07) is 3.04. The molecule has 0 radical (unpaired) electrons. The molecule has 1 fully saturated rings. The number of aromatic nitrogens is 1. The van der Waals surface area contributed by atoms with Crippen LogP contribution >= 0.6 is 11.3 Å². The van der Waals surface area contributed by atoms with E-state index in [1.54, 1.807) is 23.5 Å². The van der Waals surface area contributed by atoms with Crippen molar-refractivity contribution in [3.05, 3.63) is 40.2 Å². The number of carbonyl (C=O) groups is 1. The molecule has 2 amide bonds. The highest BCUT2D eigenvalue weighted by Gasteiger charge is 2.35. The lowest BCUT2D eigenvalue weighted by Crippen LogP contribution is -2.43. The topological polar surface area (TPSA) is 87.4 Å². The van der Waals surface area contributed by atoms with E-state index in [0.717, 1.165) is 22.7 Å². The Bertz CT molecular complexity index is 666. The van der Waals surface area contributed by atoms with Crippen molar-refractivity contribution in [3.63, 3.8) is 0 Å². The zero-order chi connectivity index (χ0) is 17.1. The fraction of sp³-hybridized carbons (Fsp3) is 0.529. The van der Waals surface area contributed by atoms with Crippen LogP contribution in [0.2, 0.25) is 0 Å². The van der Waals surface area contributed by atoms with Crippen molar-refractivity contribution in [3.8, 4) is 0 Å². The van der Waals surface area contributed by atoms with Gasteiger partial charge in [0.05, 0.1) is 12.3 Å². The quantitative estimate of drug-likeness (QED) is 0.716. The average Bonchev–Trinajstić information content (AvgIpc) is 3.04. The van der Waals surface area contributed by atoms with Crippen molar-refractivity contribution >= 4 is 17.4 Å². The van der Waals surface area contributed by atoms with E-state index in [9.17, 15) is 9.90 Å². The smallest absolute Gasteiger partial charge is 0.315 e. The van der Waals surface area contributed by atoms with Crippen molar-refractivity contribution in [2.75, 3.05) is 0 Å². The molecule has 0 bridgehead atoms. The van der Waals surface area contributed by atoms with E-state index in [-0.39, 0.29) is 18.1 Å². The fourth-order valence-electron chi connectivity index (χ4n) is 2.72. The number of nitrogens with one attached hydrogen (secondary N) is 2. The second-order valence-corrected chi connectivity index (χ2v) is 7.68. The van der Waals surface area contributed by atoms with Gasteiger partial charge < -0.3 is 20.2 Å². The minimum Gasteiger partial charge on any atom is -0.467 e. The van der Waals surface area contributed by atoms with Gasteiger partial charge in [-0.25, -0.2) is 9.78 Å². The van der Waals surface area contributed by atoms with Gasteiger partial charge in [-0.05, 0) is 44.7 Å². The van der Waals surface area contributed by atoms with Gasteiger partial charge in [-0.15, -0.1) is 11.3 Å². The molecule has 2 aromatic rings. The van der Waals surface area contributed by atoms with Gasteiger partial charge in [0.25, 0.3) is 0 Å². The predicted octanol–water partition coefficient (Wildman–Crippen LogP) is 3.31. The maximum atomic E-state index is 12.3. The number of aryl methyl sites for hydroxylation is 1. The maximum absolute atomic E-state index is 12.3. The number of furan rings is 1. The van der Waals surface area contributed by atoms with Crippen LogP contribution in [0.15, 0.2) is 29.0 Å². The van der Waals surface area contributed by atoms with Gasteiger partial charge in [-0.1, -0.05) is 0 Å². The van der Waals surface area contributed by atoms with Crippen LogP contribution in [0.5, 0.6) is 0 Å². The van der Waals surface area contributed by atoms with Crippen LogP contribution in [-0.4, -0.2) is 22.2 Å². The Morgan fingerprint density at radius 3 is 2.88 bits per heavy atom. The molecule has 2 heterocycles. The number of hydrogen-bond donors (Lipinski definition) is 3. The minimum atomic E-state index is -0.726. The summed E-state index contributed by atoms with van der Waals surface area (Å²) in [7, 11) is 0. The van der Waals surface area contributed by atoms with Crippen molar-refractivity contribution < 1.29 is 14.3 Å². The van der Waals surface area contributed by atoms with Gasteiger partial charge in [-0.2, -0.15) is 0 Å². The molecule has 1 aliphatic rings. The van der Waals surface area contributed by atoms with E-state index in [0.29, 0.717) is 18.1 Å². The van der Waals surface area contributed by atoms with E-state index >= 15 is 0 Å². The summed E-state index contributed by atoms with van der Waals surface area (Å²) in [5, 5.41) is 17.0. The number of aliphatic hydroxyl groups is 1. The summed E-state index contributed by atoms with van der Waals surface area (Å²) in [4.78, 5) is 17.9. The fourth-order valence-corrected chi connectivity index (χ4v) is 3.64. The second-order valence-electron chi connectivity index (χ2n) is 6.41. The number of rotatable bonds is 7. The Kier molecular flexibility index (Phi) is 5.20. The third-order valence-corrected chi connectivity index (χ3v) is 5.11. The SMILES string of the molecule is Cc1cnc([C@H](NC(=O)N[C@@H](C)C[C@H](O)c2ccco2)C2CC2)s1. The predicted molar refractivity (Wildman–Crippen MR) is 91.7 cm³/mol. The molecule has 0 spiro atoms. The van der Waals surface area contributed by atoms with Crippen LogP contribution in [0.4, 0.5) is 4.79 Å². The molecular weight excluding hydrogens is 326 g/mol. The molecule has 6 nitrogen and oxygen atoms in total. The molecule has 1 aliphatic carbocycles. The van der Waals surface area contributed by atoms with E-state index in [4.69, 9.17) is 4.42 Å². The molecule has 0 saturated heterocycles. The van der Waals surface area contributed by atoms with Crippen LogP contribution < -0.4 is 10.6 Å². The molecule has 0 unspecified atom stereocenters. The Balaban J connectivity index is 1.52. The summed E-state index contributed by atoms with van der Waals surface area (Å²) >= 11 is 1.63. The first-order valence-electron chi connectivity index (χ1n) is 8.23. The summed E-state index contributed by atoms with van der Waals surface area (Å²) in [5.74, 6) is 0.989. The zero-order valence-corrected chi connectivity index (χ0v) is 14.7. The lowest BCUT2D eigenvalue weighted by atomic mass is 10.1. The summed E-state index contributed by atoms with van der Waals surface area (Å²) < 4.78 is 5.18. The summed E-state index contributed by atoms with van der Waals surface area (Å²) in [5.41, 5.74) is 0. The van der Waals surface area contributed by atoms with Crippen molar-refractivity contribution in [1.82, 2.24) is 15.6 Å². The van der Waals surface area contributed by atoms with Gasteiger partial charge in [-0.3, -0.25) is 0 Å². The van der Waals surface area contributed by atoms with E-state index in [2.05, 4.69) is 15.6 Å². The molecule has 7 heteroatoms. The van der Waals surface area contributed by atoms with Gasteiger partial charge in [0.2, 0.25) is 0 Å². The van der Waals surface area contributed by atoms with Crippen LogP contribution in [0.1, 0.15) is 54.0 Å². The first-order chi connectivity index (χ1) is 11.5. The molecule has 1 saturated carbocycles. The monoisotopic (exact) mass is 349 g/mol. The molecule has 3 atom stereocenters. The zero-order valence-electron chi connectivity index (χ0n) is 13.9. The Labute approximate surface area is 145 Å². The number of nitrogens with zero attached hydrogens (tertiary/aromatic N) is 1. The minimum absolute atomic E-state index is 0.0223. The number of hydrogen-bond acceptors (Lipinski definition) is 5. The van der Waals surface area contributed by atoms with Crippen molar-refractivity contribution in [2.24, 2.45) is 5.92 Å². The summed E-state index contributed by atoms with van der Waals surface area (Å²) in [6.07, 6.45) is 5.28. The number of urea groups is 1. The highest BCUT2D eigenvalue weighted by Crippen LogP contribution is 2.42. The lowest BCUT2D eigenvalue weighted by Gasteiger charge is -2.20. The molecule has 0 aliphatic heterocycles.